The van der Waals surface area contributed by atoms with Gasteiger partial charge in [-0.25, -0.2) is 0 Å². The standard InChI is InChI=1S/C19H42N2/c1-9-16(12-11-13-20-21-19(6,7)8)14-17(10-2)15-18(3,4)5/h16-17,20-21H,9-15H2,1-8H3. The molecule has 2 unspecified atom stereocenters. The zero-order valence-corrected chi connectivity index (χ0v) is 16.1. The van der Waals surface area contributed by atoms with Gasteiger partial charge in [0.15, 0.2) is 0 Å². The number of nitrogens with one attached hydrogen (secondary N) is 2. The molecule has 0 saturated heterocycles. The van der Waals surface area contributed by atoms with E-state index in [4.69, 9.17) is 0 Å². The Balaban J connectivity index is 3.98. The third-order valence-electron chi connectivity index (χ3n) is 4.10. The molecule has 0 heterocycles. The van der Waals surface area contributed by atoms with Gasteiger partial charge in [0.05, 0.1) is 0 Å². The Hall–Kier alpha value is -0.0800. The summed E-state index contributed by atoms with van der Waals surface area (Å²) in [6, 6.07) is 0. The molecule has 0 aliphatic heterocycles. The van der Waals surface area contributed by atoms with Crippen molar-refractivity contribution < 1.29 is 0 Å². The summed E-state index contributed by atoms with van der Waals surface area (Å²) in [5.74, 6) is 1.80. The van der Waals surface area contributed by atoms with Gasteiger partial charge >= 0.3 is 0 Å². The smallest absolute Gasteiger partial charge is 0.0239 e. The van der Waals surface area contributed by atoms with Crippen molar-refractivity contribution in [2.75, 3.05) is 6.54 Å². The molecule has 0 spiro atoms. The molecule has 0 rings (SSSR count). The average molecular weight is 299 g/mol. The second-order valence-electron chi connectivity index (χ2n) is 8.99. The lowest BCUT2D eigenvalue weighted by Gasteiger charge is -2.28. The van der Waals surface area contributed by atoms with Gasteiger partial charge in [-0.05, 0) is 63.7 Å². The second-order valence-corrected chi connectivity index (χ2v) is 8.99. The molecule has 0 aliphatic rings. The second kappa shape index (κ2) is 9.84. The molecular weight excluding hydrogens is 256 g/mol. The van der Waals surface area contributed by atoms with Crippen LogP contribution in [0.25, 0.3) is 0 Å². The minimum Gasteiger partial charge on any atom is -0.257 e. The third-order valence-corrected chi connectivity index (χ3v) is 4.10. The molecule has 0 bridgehead atoms. The van der Waals surface area contributed by atoms with Crippen LogP contribution < -0.4 is 10.9 Å². The number of hydrogen-bond acceptors (Lipinski definition) is 2. The molecule has 0 saturated carbocycles. The molecule has 0 aromatic rings. The van der Waals surface area contributed by atoms with E-state index in [0.29, 0.717) is 5.41 Å². The maximum atomic E-state index is 3.36. The average Bonchev–Trinajstić information content (AvgIpc) is 2.32. The highest BCUT2D eigenvalue weighted by Gasteiger charge is 2.20. The Morgan fingerprint density at radius 2 is 1.43 bits per heavy atom. The van der Waals surface area contributed by atoms with Gasteiger partial charge in [-0.2, -0.15) is 0 Å². The fourth-order valence-electron chi connectivity index (χ4n) is 3.03. The summed E-state index contributed by atoms with van der Waals surface area (Å²) in [7, 11) is 0. The highest BCUT2D eigenvalue weighted by atomic mass is 15.4. The molecule has 0 aliphatic carbocycles. The van der Waals surface area contributed by atoms with Gasteiger partial charge in [0.2, 0.25) is 0 Å². The number of hydrogen-bond donors (Lipinski definition) is 2. The summed E-state index contributed by atoms with van der Waals surface area (Å²) in [4.78, 5) is 0. The van der Waals surface area contributed by atoms with Crippen LogP contribution in [0.4, 0.5) is 0 Å². The van der Waals surface area contributed by atoms with Gasteiger partial charge in [-0.3, -0.25) is 10.9 Å². The summed E-state index contributed by atoms with van der Waals surface area (Å²) in [5.41, 5.74) is 7.33. The maximum absolute atomic E-state index is 3.36. The van der Waals surface area contributed by atoms with Gasteiger partial charge in [0.25, 0.3) is 0 Å². The fraction of sp³-hybridized carbons (Fsp3) is 1.00. The van der Waals surface area contributed by atoms with Crippen LogP contribution >= 0.6 is 0 Å². The Morgan fingerprint density at radius 1 is 0.857 bits per heavy atom. The zero-order valence-electron chi connectivity index (χ0n) is 16.1. The molecule has 2 nitrogen and oxygen atoms in total. The third kappa shape index (κ3) is 13.3. The van der Waals surface area contributed by atoms with Crippen molar-refractivity contribution in [2.45, 2.75) is 99.5 Å². The van der Waals surface area contributed by atoms with Gasteiger partial charge < -0.3 is 0 Å². The van der Waals surface area contributed by atoms with Crippen molar-refractivity contribution in [3.8, 4) is 0 Å². The van der Waals surface area contributed by atoms with Crippen molar-refractivity contribution in [1.82, 2.24) is 10.9 Å². The minimum atomic E-state index is 0.157. The van der Waals surface area contributed by atoms with Crippen LogP contribution in [0.3, 0.4) is 0 Å². The van der Waals surface area contributed by atoms with Gasteiger partial charge in [-0.15, -0.1) is 0 Å². The summed E-state index contributed by atoms with van der Waals surface area (Å²) < 4.78 is 0. The maximum Gasteiger partial charge on any atom is 0.0239 e. The van der Waals surface area contributed by atoms with Crippen LogP contribution in [0.5, 0.6) is 0 Å². The molecule has 2 heteroatoms. The molecule has 0 amide bonds. The topological polar surface area (TPSA) is 24.1 Å². The van der Waals surface area contributed by atoms with E-state index < -0.39 is 0 Å². The Morgan fingerprint density at radius 3 is 1.86 bits per heavy atom. The van der Waals surface area contributed by atoms with Crippen molar-refractivity contribution in [3.05, 3.63) is 0 Å². The van der Waals surface area contributed by atoms with Crippen LogP contribution in [0.2, 0.25) is 0 Å². The van der Waals surface area contributed by atoms with E-state index in [9.17, 15) is 0 Å². The van der Waals surface area contributed by atoms with E-state index in [-0.39, 0.29) is 5.54 Å². The minimum absolute atomic E-state index is 0.157. The normalized spacial score (nSPS) is 16.0. The predicted molar refractivity (Wildman–Crippen MR) is 96.4 cm³/mol. The summed E-state index contributed by atoms with van der Waals surface area (Å²) in [6.07, 6.45) is 8.06. The van der Waals surface area contributed by atoms with Crippen molar-refractivity contribution >= 4 is 0 Å². The Labute approximate surface area is 134 Å². The molecule has 2 N–H and O–H groups in total. The zero-order chi connectivity index (χ0) is 16.5. The van der Waals surface area contributed by atoms with Crippen LogP contribution in [0.15, 0.2) is 0 Å². The molecular formula is C19H42N2. The van der Waals surface area contributed by atoms with Crippen LogP contribution in [0.1, 0.15) is 93.9 Å². The molecule has 0 fully saturated rings. The molecule has 0 aromatic carbocycles. The summed E-state index contributed by atoms with van der Waals surface area (Å²) in [6.45, 7) is 19.5. The monoisotopic (exact) mass is 298 g/mol. The van der Waals surface area contributed by atoms with Crippen molar-refractivity contribution in [2.24, 2.45) is 17.3 Å². The SMILES string of the molecule is CCC(CCCNNC(C)(C)C)CC(CC)CC(C)(C)C. The van der Waals surface area contributed by atoms with E-state index in [0.717, 1.165) is 18.4 Å². The van der Waals surface area contributed by atoms with Gasteiger partial charge in [-0.1, -0.05) is 47.5 Å². The molecule has 2 atom stereocenters. The first-order valence-corrected chi connectivity index (χ1v) is 9.07. The molecule has 0 radical (unpaired) electrons. The highest BCUT2D eigenvalue weighted by molar-refractivity contribution is 4.72. The van der Waals surface area contributed by atoms with Gasteiger partial charge in [0.1, 0.15) is 0 Å². The molecule has 0 aromatic heterocycles. The fourth-order valence-corrected chi connectivity index (χ4v) is 3.03. The highest BCUT2D eigenvalue weighted by Crippen LogP contribution is 2.32. The van der Waals surface area contributed by atoms with Gasteiger partial charge in [0, 0.05) is 12.1 Å². The van der Waals surface area contributed by atoms with Crippen LogP contribution in [-0.2, 0) is 0 Å². The Bertz CT molecular complexity index is 247. The number of hydrazine groups is 1. The van der Waals surface area contributed by atoms with E-state index in [1.54, 1.807) is 0 Å². The lowest BCUT2D eigenvalue weighted by molar-refractivity contribution is 0.236. The van der Waals surface area contributed by atoms with E-state index >= 15 is 0 Å². The van der Waals surface area contributed by atoms with E-state index in [2.05, 4.69) is 66.2 Å². The first-order valence-electron chi connectivity index (χ1n) is 9.07. The first kappa shape index (κ1) is 20.9. The van der Waals surface area contributed by atoms with Crippen LogP contribution in [0, 0.1) is 17.3 Å². The summed E-state index contributed by atoms with van der Waals surface area (Å²) >= 11 is 0. The van der Waals surface area contributed by atoms with E-state index in [1.807, 2.05) is 0 Å². The van der Waals surface area contributed by atoms with E-state index in [1.165, 1.54) is 38.5 Å². The number of rotatable bonds is 10. The predicted octanol–water partition coefficient (Wildman–Crippen LogP) is 5.54. The lowest BCUT2D eigenvalue weighted by Crippen LogP contribution is -2.46. The molecule has 128 valence electrons. The van der Waals surface area contributed by atoms with Crippen molar-refractivity contribution in [3.63, 3.8) is 0 Å². The lowest BCUT2D eigenvalue weighted by atomic mass is 9.78. The van der Waals surface area contributed by atoms with Crippen LogP contribution in [-0.4, -0.2) is 12.1 Å². The Kier molecular flexibility index (Phi) is 9.80. The summed E-state index contributed by atoms with van der Waals surface area (Å²) in [5, 5.41) is 0. The largest absolute Gasteiger partial charge is 0.257 e. The first-order chi connectivity index (χ1) is 9.57. The van der Waals surface area contributed by atoms with Crippen molar-refractivity contribution in [1.29, 1.82) is 0 Å². The molecule has 21 heavy (non-hydrogen) atoms. The quantitative estimate of drug-likeness (QED) is 0.409.